The Bertz CT molecular complexity index is 1240. The fourth-order valence-corrected chi connectivity index (χ4v) is 4.76. The Hall–Kier alpha value is -3.16. The lowest BCUT2D eigenvalue weighted by Gasteiger charge is -2.31. The summed E-state index contributed by atoms with van der Waals surface area (Å²) in [6.07, 6.45) is 5.59. The van der Waals surface area contributed by atoms with Crippen molar-refractivity contribution < 1.29 is 17.7 Å². The molecule has 1 aliphatic carbocycles. The van der Waals surface area contributed by atoms with E-state index in [1.165, 1.54) is 0 Å². The minimum absolute atomic E-state index is 0.216. The third-order valence-electron chi connectivity index (χ3n) is 5.38. The number of benzene rings is 2. The van der Waals surface area contributed by atoms with Crippen LogP contribution in [-0.2, 0) is 14.8 Å². The van der Waals surface area contributed by atoms with Gasteiger partial charge >= 0.3 is 0 Å². The Labute approximate surface area is 175 Å². The van der Waals surface area contributed by atoms with E-state index in [1.807, 2.05) is 43.3 Å². The molecule has 7 heteroatoms. The molecule has 0 bridgehead atoms. The Morgan fingerprint density at radius 3 is 2.33 bits per heavy atom. The van der Waals surface area contributed by atoms with Gasteiger partial charge in [0.05, 0.1) is 12.8 Å². The summed E-state index contributed by atoms with van der Waals surface area (Å²) in [6.45, 7) is 1.87. The van der Waals surface area contributed by atoms with Gasteiger partial charge in [0.25, 0.3) is 0 Å². The average Bonchev–Trinajstić information content (AvgIpc) is 3.19. The molecule has 3 aromatic rings. The van der Waals surface area contributed by atoms with Gasteiger partial charge in [-0.2, -0.15) is 0 Å². The Kier molecular flexibility index (Phi) is 5.09. The second kappa shape index (κ2) is 7.59. The number of aromatic nitrogens is 1. The third kappa shape index (κ3) is 3.46. The van der Waals surface area contributed by atoms with Crippen molar-refractivity contribution in [3.8, 4) is 17.1 Å². The lowest BCUT2D eigenvalue weighted by molar-refractivity contribution is 0.414. The maximum absolute atomic E-state index is 12.6. The van der Waals surface area contributed by atoms with Crippen molar-refractivity contribution in [2.45, 2.75) is 18.1 Å². The molecule has 1 aromatic heterocycles. The van der Waals surface area contributed by atoms with Gasteiger partial charge in [-0.15, -0.1) is 0 Å². The summed E-state index contributed by atoms with van der Waals surface area (Å²) in [5.74, 6) is 1.31. The number of allylic oxidation sites excluding steroid dienone is 3. The van der Waals surface area contributed by atoms with Gasteiger partial charge in [-0.05, 0) is 42.2 Å². The van der Waals surface area contributed by atoms with E-state index in [0.717, 1.165) is 22.4 Å². The Morgan fingerprint density at radius 2 is 1.80 bits per heavy atom. The van der Waals surface area contributed by atoms with E-state index in [2.05, 4.69) is 5.16 Å². The second-order valence-corrected chi connectivity index (χ2v) is 9.06. The number of hydrogen-bond acceptors (Lipinski definition) is 5. The van der Waals surface area contributed by atoms with Crippen LogP contribution in [-0.4, -0.2) is 20.7 Å². The Morgan fingerprint density at radius 1 is 1.10 bits per heavy atom. The summed E-state index contributed by atoms with van der Waals surface area (Å²) in [4.78, 5) is 0. The second-order valence-electron chi connectivity index (χ2n) is 7.24. The third-order valence-corrected chi connectivity index (χ3v) is 6.93. The number of methoxy groups -OCH3 is 1. The van der Waals surface area contributed by atoms with Gasteiger partial charge in [-0.1, -0.05) is 59.8 Å². The smallest absolute Gasteiger partial charge is 0.223 e. The van der Waals surface area contributed by atoms with Crippen LogP contribution in [0.4, 0.5) is 0 Å². The molecule has 1 aliphatic rings. The molecule has 0 radical (unpaired) electrons. The largest absolute Gasteiger partial charge is 0.497 e. The van der Waals surface area contributed by atoms with Crippen LogP contribution in [0.25, 0.3) is 16.9 Å². The van der Waals surface area contributed by atoms with Gasteiger partial charge < -0.3 is 9.26 Å². The van der Waals surface area contributed by atoms with E-state index in [0.29, 0.717) is 17.1 Å². The summed E-state index contributed by atoms with van der Waals surface area (Å²) in [7, 11) is -2.36. The molecule has 1 atom stereocenters. The van der Waals surface area contributed by atoms with E-state index in [4.69, 9.17) is 14.4 Å². The van der Waals surface area contributed by atoms with Crippen LogP contribution in [0.1, 0.15) is 23.2 Å². The highest BCUT2D eigenvalue weighted by Gasteiger charge is 2.41. The minimum atomic E-state index is -3.93. The van der Waals surface area contributed by atoms with E-state index in [1.54, 1.807) is 43.5 Å². The van der Waals surface area contributed by atoms with Crippen LogP contribution in [0.15, 0.2) is 77.3 Å². The van der Waals surface area contributed by atoms with Gasteiger partial charge in [-0.3, -0.25) is 0 Å². The number of sulfonamides is 1. The number of ether oxygens (including phenoxy) is 1. The number of nitrogens with two attached hydrogens (primary N) is 1. The zero-order chi connectivity index (χ0) is 21.4. The van der Waals surface area contributed by atoms with Crippen molar-refractivity contribution >= 4 is 15.6 Å². The molecule has 4 rings (SSSR count). The molecular weight excluding hydrogens is 400 g/mol. The summed E-state index contributed by atoms with van der Waals surface area (Å²) in [6, 6.07) is 16.6. The molecule has 1 unspecified atom stereocenters. The molecular formula is C23H22N2O4S. The standard InChI is InChI=1S/C23H22N2O4S/c1-16-15-22(29-25-16)21-6-4-3-5-20(21)17-11-13-23(14-12-17,30(24,26)27)18-7-9-19(28-2)10-8-18/h3-13,15H,14H2,1-2H3,(H2,24,26,27). The van der Waals surface area contributed by atoms with E-state index >= 15 is 0 Å². The monoisotopic (exact) mass is 422 g/mol. The van der Waals surface area contributed by atoms with Gasteiger partial charge in [-0.25, -0.2) is 13.6 Å². The molecule has 30 heavy (non-hydrogen) atoms. The first-order chi connectivity index (χ1) is 14.3. The predicted molar refractivity (Wildman–Crippen MR) is 116 cm³/mol. The highest BCUT2D eigenvalue weighted by atomic mass is 32.2. The molecule has 2 aromatic carbocycles. The van der Waals surface area contributed by atoms with Gasteiger partial charge in [0.1, 0.15) is 10.5 Å². The molecule has 0 spiro atoms. The van der Waals surface area contributed by atoms with E-state index in [9.17, 15) is 8.42 Å². The Balaban J connectivity index is 1.75. The van der Waals surface area contributed by atoms with Crippen molar-refractivity contribution in [3.05, 3.63) is 89.6 Å². The predicted octanol–water partition coefficient (Wildman–Crippen LogP) is 4.19. The fourth-order valence-electron chi connectivity index (χ4n) is 3.72. The molecule has 0 saturated carbocycles. The summed E-state index contributed by atoms with van der Waals surface area (Å²) in [5.41, 5.74) is 4.11. The number of nitrogens with zero attached hydrogens (tertiary/aromatic N) is 1. The van der Waals surface area contributed by atoms with Crippen LogP contribution in [0.3, 0.4) is 0 Å². The van der Waals surface area contributed by atoms with Crippen LogP contribution < -0.4 is 9.88 Å². The first-order valence-electron chi connectivity index (χ1n) is 9.43. The highest BCUT2D eigenvalue weighted by Crippen LogP contribution is 2.41. The van der Waals surface area contributed by atoms with E-state index < -0.39 is 14.8 Å². The molecule has 0 fully saturated rings. The maximum atomic E-state index is 12.6. The molecule has 0 amide bonds. The number of primary sulfonamides is 1. The first kappa shape index (κ1) is 20.1. The van der Waals surface area contributed by atoms with Crippen LogP contribution in [0, 0.1) is 6.92 Å². The maximum Gasteiger partial charge on any atom is 0.223 e. The van der Waals surface area contributed by atoms with Crippen molar-refractivity contribution in [2.24, 2.45) is 5.14 Å². The average molecular weight is 423 g/mol. The van der Waals surface area contributed by atoms with Gasteiger partial charge in [0, 0.05) is 11.6 Å². The molecule has 1 heterocycles. The topological polar surface area (TPSA) is 95.4 Å². The summed E-state index contributed by atoms with van der Waals surface area (Å²) < 4.78 is 34.6. The normalized spacial score (nSPS) is 18.8. The zero-order valence-electron chi connectivity index (χ0n) is 16.7. The van der Waals surface area contributed by atoms with Crippen molar-refractivity contribution in [2.75, 3.05) is 7.11 Å². The van der Waals surface area contributed by atoms with Crippen molar-refractivity contribution in [1.29, 1.82) is 0 Å². The SMILES string of the molecule is COc1ccc(C2(S(N)(=O)=O)C=CC(c3ccccc3-c3cc(C)no3)=CC2)cc1. The molecule has 154 valence electrons. The lowest BCUT2D eigenvalue weighted by atomic mass is 9.86. The number of hydrogen-bond donors (Lipinski definition) is 1. The summed E-state index contributed by atoms with van der Waals surface area (Å²) >= 11 is 0. The zero-order valence-corrected chi connectivity index (χ0v) is 17.5. The molecule has 2 N–H and O–H groups in total. The van der Waals surface area contributed by atoms with Gasteiger partial charge in [0.2, 0.25) is 10.0 Å². The quantitative estimate of drug-likeness (QED) is 0.665. The molecule has 6 nitrogen and oxygen atoms in total. The molecule has 0 saturated heterocycles. The minimum Gasteiger partial charge on any atom is -0.497 e. The first-order valence-corrected chi connectivity index (χ1v) is 11.0. The van der Waals surface area contributed by atoms with Crippen LogP contribution in [0.2, 0.25) is 0 Å². The fraction of sp³-hybridized carbons (Fsp3) is 0.174. The van der Waals surface area contributed by atoms with Crippen molar-refractivity contribution in [3.63, 3.8) is 0 Å². The number of rotatable bonds is 5. The number of aryl methyl sites for hydroxylation is 1. The highest BCUT2D eigenvalue weighted by molar-refractivity contribution is 7.90. The van der Waals surface area contributed by atoms with E-state index in [-0.39, 0.29) is 6.42 Å². The van der Waals surface area contributed by atoms with Gasteiger partial charge in [0.15, 0.2) is 5.76 Å². The molecule has 0 aliphatic heterocycles. The van der Waals surface area contributed by atoms with Crippen LogP contribution >= 0.6 is 0 Å². The summed E-state index contributed by atoms with van der Waals surface area (Å²) in [5, 5.41) is 9.66. The van der Waals surface area contributed by atoms with Crippen LogP contribution in [0.5, 0.6) is 5.75 Å². The van der Waals surface area contributed by atoms with Crippen molar-refractivity contribution in [1.82, 2.24) is 5.16 Å². The lowest BCUT2D eigenvalue weighted by Crippen LogP contribution is -2.39.